The molecule has 0 aromatic carbocycles. The molecule has 2 saturated heterocycles. The van der Waals surface area contributed by atoms with Crippen molar-refractivity contribution in [1.82, 2.24) is 0 Å². The third-order valence-electron chi connectivity index (χ3n) is 4.19. The van der Waals surface area contributed by atoms with Crippen LogP contribution in [0.5, 0.6) is 0 Å². The summed E-state index contributed by atoms with van der Waals surface area (Å²) in [6, 6.07) is 0. The Morgan fingerprint density at radius 3 is 2.54 bits per heavy atom. The Morgan fingerprint density at radius 1 is 1.08 bits per heavy atom. The molecular formula is C11H22BLi. The SMILES string of the molecule is CC(C)C1CCC2BC1CCC2.[LiH]. The molecule has 0 aromatic heterocycles. The summed E-state index contributed by atoms with van der Waals surface area (Å²) >= 11 is 0. The van der Waals surface area contributed by atoms with Crippen molar-refractivity contribution in [2.45, 2.75) is 57.6 Å². The van der Waals surface area contributed by atoms with Crippen LogP contribution in [0.15, 0.2) is 0 Å². The van der Waals surface area contributed by atoms with Crippen LogP contribution in [0.1, 0.15) is 46.0 Å². The molecule has 0 aliphatic carbocycles. The molecule has 2 heteroatoms. The van der Waals surface area contributed by atoms with Crippen molar-refractivity contribution >= 4 is 26.1 Å². The summed E-state index contributed by atoms with van der Waals surface area (Å²) in [4.78, 5) is 0. The Labute approximate surface area is 95.7 Å². The second kappa shape index (κ2) is 4.94. The first-order valence-electron chi connectivity index (χ1n) is 5.77. The fraction of sp³-hybridized carbons (Fsp3) is 1.00. The summed E-state index contributed by atoms with van der Waals surface area (Å²) in [5.74, 6) is 4.24. The normalized spacial score (nSPS) is 37.9. The van der Waals surface area contributed by atoms with E-state index in [1.807, 2.05) is 0 Å². The van der Waals surface area contributed by atoms with Gasteiger partial charge in [0.25, 0.3) is 0 Å². The zero-order valence-electron chi connectivity index (χ0n) is 8.55. The molecule has 2 aliphatic heterocycles. The first-order valence-corrected chi connectivity index (χ1v) is 5.77. The fourth-order valence-electron chi connectivity index (χ4n) is 3.53. The number of hydrogen-bond acceptors (Lipinski definition) is 0. The van der Waals surface area contributed by atoms with Crippen LogP contribution in [0.25, 0.3) is 0 Å². The van der Waals surface area contributed by atoms with Crippen molar-refractivity contribution in [2.24, 2.45) is 11.8 Å². The number of hydrogen-bond donors (Lipinski definition) is 0. The molecule has 0 saturated carbocycles. The van der Waals surface area contributed by atoms with Gasteiger partial charge in [0.05, 0.1) is 0 Å². The van der Waals surface area contributed by atoms with E-state index in [-0.39, 0.29) is 18.9 Å². The standard InChI is InChI=1S/C11H21B.Li.H/c1-8(2)10-7-6-9-4-3-5-11(10)12-9;;/h8-12H,3-7H2,1-2H3;;. The zero-order chi connectivity index (χ0) is 8.55. The Balaban J connectivity index is 0.000000845. The molecule has 3 unspecified atom stereocenters. The molecule has 2 heterocycles. The average Bonchev–Trinajstić information content (AvgIpc) is 2.04. The van der Waals surface area contributed by atoms with E-state index in [1.165, 1.54) is 12.8 Å². The van der Waals surface area contributed by atoms with Crippen LogP contribution < -0.4 is 0 Å². The van der Waals surface area contributed by atoms with E-state index in [0.717, 1.165) is 23.5 Å². The summed E-state index contributed by atoms with van der Waals surface area (Å²) < 4.78 is 0. The molecule has 0 aromatic rings. The van der Waals surface area contributed by atoms with Crippen LogP contribution in [-0.2, 0) is 0 Å². The van der Waals surface area contributed by atoms with Crippen molar-refractivity contribution in [2.75, 3.05) is 0 Å². The molecule has 0 spiro atoms. The Kier molecular flexibility index (Phi) is 4.46. The van der Waals surface area contributed by atoms with Gasteiger partial charge < -0.3 is 0 Å². The molecule has 0 radical (unpaired) electrons. The van der Waals surface area contributed by atoms with Crippen molar-refractivity contribution in [3.63, 3.8) is 0 Å². The Hall–Kier alpha value is 0.662. The molecule has 0 N–H and O–H groups in total. The molecule has 0 nitrogen and oxygen atoms in total. The van der Waals surface area contributed by atoms with E-state index >= 15 is 0 Å². The summed E-state index contributed by atoms with van der Waals surface area (Å²) in [6.07, 6.45) is 7.69. The molecule has 13 heavy (non-hydrogen) atoms. The van der Waals surface area contributed by atoms with Crippen LogP contribution in [-0.4, -0.2) is 26.1 Å². The minimum absolute atomic E-state index is 0. The van der Waals surface area contributed by atoms with Crippen molar-refractivity contribution < 1.29 is 0 Å². The minimum atomic E-state index is 0. The quantitative estimate of drug-likeness (QED) is 0.533. The third-order valence-corrected chi connectivity index (χ3v) is 4.19. The van der Waals surface area contributed by atoms with Crippen LogP contribution >= 0.6 is 0 Å². The van der Waals surface area contributed by atoms with Crippen LogP contribution in [0.4, 0.5) is 0 Å². The number of rotatable bonds is 1. The molecular weight excluding hydrogens is 150 g/mol. The monoisotopic (exact) mass is 172 g/mol. The van der Waals surface area contributed by atoms with Gasteiger partial charge in [0.2, 0.25) is 0 Å². The van der Waals surface area contributed by atoms with Gasteiger partial charge >= 0.3 is 18.9 Å². The molecule has 2 fully saturated rings. The van der Waals surface area contributed by atoms with E-state index in [1.54, 1.807) is 26.5 Å². The maximum atomic E-state index is 2.42. The van der Waals surface area contributed by atoms with E-state index in [4.69, 9.17) is 0 Å². The van der Waals surface area contributed by atoms with Gasteiger partial charge in [-0.15, -0.1) is 0 Å². The van der Waals surface area contributed by atoms with E-state index in [2.05, 4.69) is 13.8 Å². The van der Waals surface area contributed by atoms with Gasteiger partial charge in [0.1, 0.15) is 7.28 Å². The molecule has 70 valence electrons. The van der Waals surface area contributed by atoms with Crippen molar-refractivity contribution in [1.29, 1.82) is 0 Å². The van der Waals surface area contributed by atoms with Crippen molar-refractivity contribution in [3.8, 4) is 0 Å². The average molecular weight is 172 g/mol. The predicted octanol–water partition coefficient (Wildman–Crippen LogP) is 2.60. The second-order valence-electron chi connectivity index (χ2n) is 5.28. The topological polar surface area (TPSA) is 0 Å². The summed E-state index contributed by atoms with van der Waals surface area (Å²) in [5, 5.41) is 0. The summed E-state index contributed by atoms with van der Waals surface area (Å²) in [5.41, 5.74) is 0. The summed E-state index contributed by atoms with van der Waals surface area (Å²) in [6.45, 7) is 4.83. The van der Waals surface area contributed by atoms with E-state index in [0.29, 0.717) is 0 Å². The summed E-state index contributed by atoms with van der Waals surface area (Å²) in [7, 11) is 1.57. The molecule has 0 amide bonds. The Morgan fingerprint density at radius 2 is 1.85 bits per heavy atom. The third kappa shape index (κ3) is 2.57. The van der Waals surface area contributed by atoms with Crippen LogP contribution in [0, 0.1) is 11.8 Å². The first-order chi connectivity index (χ1) is 5.77. The van der Waals surface area contributed by atoms with Crippen LogP contribution in [0.2, 0.25) is 11.6 Å². The van der Waals surface area contributed by atoms with Crippen molar-refractivity contribution in [3.05, 3.63) is 0 Å². The molecule has 2 rings (SSSR count). The van der Waals surface area contributed by atoms with Gasteiger partial charge in [-0.2, -0.15) is 0 Å². The second-order valence-corrected chi connectivity index (χ2v) is 5.28. The fourth-order valence-corrected chi connectivity index (χ4v) is 3.53. The van der Waals surface area contributed by atoms with Gasteiger partial charge in [-0.25, -0.2) is 0 Å². The molecule has 2 bridgehead atoms. The van der Waals surface area contributed by atoms with Crippen LogP contribution in [0.3, 0.4) is 0 Å². The van der Waals surface area contributed by atoms with Gasteiger partial charge in [-0.3, -0.25) is 0 Å². The van der Waals surface area contributed by atoms with Gasteiger partial charge in [-0.05, 0) is 11.8 Å². The molecule has 2 aliphatic rings. The maximum absolute atomic E-state index is 2.42. The number of fused-ring (bicyclic) bond motifs is 2. The van der Waals surface area contributed by atoms with Gasteiger partial charge in [-0.1, -0.05) is 57.6 Å². The molecule has 3 atom stereocenters. The van der Waals surface area contributed by atoms with E-state index < -0.39 is 0 Å². The first kappa shape index (κ1) is 11.7. The Bertz CT molecular complexity index is 158. The van der Waals surface area contributed by atoms with Gasteiger partial charge in [0, 0.05) is 0 Å². The zero-order valence-corrected chi connectivity index (χ0v) is 8.55. The van der Waals surface area contributed by atoms with Gasteiger partial charge in [0.15, 0.2) is 0 Å². The van der Waals surface area contributed by atoms with E-state index in [9.17, 15) is 0 Å². The predicted molar refractivity (Wildman–Crippen MR) is 63.2 cm³/mol.